The fourth-order valence-electron chi connectivity index (χ4n) is 6.61. The second kappa shape index (κ2) is 12.3. The van der Waals surface area contributed by atoms with Gasteiger partial charge < -0.3 is 14.6 Å². The van der Waals surface area contributed by atoms with Gasteiger partial charge in [0.05, 0.1) is 23.8 Å². The van der Waals surface area contributed by atoms with E-state index in [4.69, 9.17) is 0 Å². The number of halogens is 3. The van der Waals surface area contributed by atoms with E-state index in [9.17, 15) is 22.8 Å². The quantitative estimate of drug-likeness (QED) is 0.436. The van der Waals surface area contributed by atoms with Crippen molar-refractivity contribution < 1.29 is 27.5 Å². The lowest BCUT2D eigenvalue weighted by Gasteiger charge is -2.46. The van der Waals surface area contributed by atoms with Crippen LogP contribution in [-0.2, 0) is 9.53 Å². The van der Waals surface area contributed by atoms with Crippen LogP contribution in [0.5, 0.6) is 0 Å². The van der Waals surface area contributed by atoms with Crippen molar-refractivity contribution in [2.24, 2.45) is 16.8 Å². The first kappa shape index (κ1) is 29.8. The minimum Gasteiger partial charge on any atom is -0.351 e. The number of nitrogens with one attached hydrogen (secondary N) is 1. The molecule has 1 saturated heterocycles. The Morgan fingerprint density at radius 1 is 1.22 bits per heavy atom. The topological polar surface area (TPSA) is 88.8 Å². The molecule has 2 atom stereocenters. The molecule has 4 heterocycles. The van der Waals surface area contributed by atoms with Crippen LogP contribution in [0.25, 0.3) is 11.0 Å². The standard InChI is InChI=1S/C29H36F3N5O3S/c1-15-9-24(41-4)23(27(38)35-15)12-34-28(39)25-17(3)37(26-22(25)10-19(30)11-33-26)16(2)18-5-7-20(8-6-18)36-13-21(14-36)40-29(31)32/h9-11,16,18,20-21,23,29H,5-8,12-14H2,1-4H3,(H,34,39)/t16-,18?,20?,23?/m1/s1. The van der Waals surface area contributed by atoms with Gasteiger partial charge in [0.1, 0.15) is 11.5 Å². The van der Waals surface area contributed by atoms with Gasteiger partial charge in [-0.2, -0.15) is 8.78 Å². The van der Waals surface area contributed by atoms with Gasteiger partial charge in [0.25, 0.3) is 11.8 Å². The van der Waals surface area contributed by atoms with Gasteiger partial charge >= 0.3 is 6.61 Å². The molecule has 222 valence electrons. The third-order valence-corrected chi connectivity index (χ3v) is 9.66. The van der Waals surface area contributed by atoms with E-state index in [1.165, 1.54) is 24.0 Å². The monoisotopic (exact) mass is 591 g/mol. The van der Waals surface area contributed by atoms with Crippen LogP contribution in [0.3, 0.4) is 0 Å². The first-order chi connectivity index (χ1) is 19.6. The Balaban J connectivity index is 1.30. The molecular formula is C29H36F3N5O3S. The first-order valence-electron chi connectivity index (χ1n) is 14.0. The van der Waals surface area contributed by atoms with E-state index in [0.717, 1.165) is 30.6 Å². The van der Waals surface area contributed by atoms with Gasteiger partial charge in [-0.1, -0.05) is 0 Å². The minimum atomic E-state index is -2.73. The van der Waals surface area contributed by atoms with Crippen molar-refractivity contribution in [1.29, 1.82) is 0 Å². The molecule has 0 spiro atoms. The lowest BCUT2D eigenvalue weighted by Crippen LogP contribution is -2.57. The number of aromatic nitrogens is 2. The number of amides is 2. The summed E-state index contributed by atoms with van der Waals surface area (Å²) in [7, 11) is 0. The fraction of sp³-hybridized carbons (Fsp3) is 0.586. The van der Waals surface area contributed by atoms with E-state index in [-0.39, 0.29) is 24.4 Å². The van der Waals surface area contributed by atoms with E-state index in [0.29, 0.717) is 53.1 Å². The molecule has 0 aromatic carbocycles. The zero-order valence-corrected chi connectivity index (χ0v) is 24.5. The zero-order chi connectivity index (χ0) is 29.4. The fourth-order valence-corrected chi connectivity index (χ4v) is 7.37. The Hall–Kier alpha value is -2.70. The average Bonchev–Trinajstić information content (AvgIpc) is 3.19. The summed E-state index contributed by atoms with van der Waals surface area (Å²) in [5.41, 5.74) is 2.25. The van der Waals surface area contributed by atoms with Crippen LogP contribution < -0.4 is 5.32 Å². The van der Waals surface area contributed by atoms with Gasteiger partial charge in [-0.05, 0) is 70.8 Å². The van der Waals surface area contributed by atoms with Crippen molar-refractivity contribution in [3.63, 3.8) is 0 Å². The molecule has 2 fully saturated rings. The summed E-state index contributed by atoms with van der Waals surface area (Å²) in [5, 5.41) is 3.34. The number of carbonyl (C=O) groups is 2. The summed E-state index contributed by atoms with van der Waals surface area (Å²) >= 11 is 1.45. The summed E-state index contributed by atoms with van der Waals surface area (Å²) in [6.07, 6.45) is 8.30. The van der Waals surface area contributed by atoms with E-state index >= 15 is 0 Å². The minimum absolute atomic E-state index is 0.00697. The van der Waals surface area contributed by atoms with Gasteiger partial charge in [0, 0.05) is 53.4 Å². The number of allylic oxidation sites excluding steroid dienone is 1. The van der Waals surface area contributed by atoms with Crippen LogP contribution in [0.4, 0.5) is 13.2 Å². The summed E-state index contributed by atoms with van der Waals surface area (Å²) in [4.78, 5) is 37.6. The number of aliphatic imine (C=N–C) groups is 1. The van der Waals surface area contributed by atoms with Crippen molar-refractivity contribution >= 4 is 40.3 Å². The van der Waals surface area contributed by atoms with Gasteiger partial charge in [0.15, 0.2) is 0 Å². The van der Waals surface area contributed by atoms with E-state index < -0.39 is 24.5 Å². The predicted octanol–water partition coefficient (Wildman–Crippen LogP) is 5.12. The van der Waals surface area contributed by atoms with Crippen molar-refractivity contribution in [2.75, 3.05) is 25.9 Å². The number of ether oxygens (including phenoxy) is 1. The highest BCUT2D eigenvalue weighted by molar-refractivity contribution is 8.02. The van der Waals surface area contributed by atoms with Crippen LogP contribution in [0.1, 0.15) is 61.6 Å². The van der Waals surface area contributed by atoms with Crippen LogP contribution >= 0.6 is 11.8 Å². The Labute approximate surface area is 241 Å². The Morgan fingerprint density at radius 2 is 1.93 bits per heavy atom. The van der Waals surface area contributed by atoms with Crippen LogP contribution in [0, 0.1) is 24.6 Å². The summed E-state index contributed by atoms with van der Waals surface area (Å²) < 4.78 is 45.9. The number of nitrogens with zero attached hydrogens (tertiary/aromatic N) is 4. The number of pyridine rings is 1. The third kappa shape index (κ3) is 6.10. The highest BCUT2D eigenvalue weighted by atomic mass is 32.2. The number of likely N-dealkylation sites (tertiary alicyclic amines) is 1. The Kier molecular flexibility index (Phi) is 8.91. The van der Waals surface area contributed by atoms with Gasteiger partial charge in [-0.3, -0.25) is 14.5 Å². The first-order valence-corrected chi connectivity index (χ1v) is 15.3. The molecule has 12 heteroatoms. The Morgan fingerprint density at radius 3 is 2.59 bits per heavy atom. The highest BCUT2D eigenvalue weighted by Crippen LogP contribution is 2.39. The summed E-state index contributed by atoms with van der Waals surface area (Å²) in [6.45, 7) is 4.17. The Bertz CT molecular complexity index is 1380. The predicted molar refractivity (Wildman–Crippen MR) is 153 cm³/mol. The molecule has 2 aliphatic heterocycles. The maximum absolute atomic E-state index is 14.4. The SMILES string of the molecule is CSC1=CC(C)=NC(=O)C1CNC(=O)c1c(C)n([C@H](C)C2CCC(N3CC(OC(F)F)C3)CC2)c2ncc(F)cc12. The summed E-state index contributed by atoms with van der Waals surface area (Å²) in [5.74, 6) is -1.44. The number of alkyl halides is 2. The number of rotatable bonds is 9. The molecule has 41 heavy (non-hydrogen) atoms. The van der Waals surface area contributed by atoms with Crippen molar-refractivity contribution in [1.82, 2.24) is 19.8 Å². The molecule has 2 aromatic rings. The molecule has 1 unspecified atom stereocenters. The molecule has 0 bridgehead atoms. The second-order valence-corrected chi connectivity index (χ2v) is 12.1. The molecule has 2 amide bonds. The molecular weight excluding hydrogens is 555 g/mol. The van der Waals surface area contributed by atoms with Crippen molar-refractivity contribution in [2.45, 2.75) is 71.3 Å². The number of hydrogen-bond donors (Lipinski definition) is 1. The lowest BCUT2D eigenvalue weighted by atomic mass is 9.80. The normalized spacial score (nSPS) is 24.8. The molecule has 1 N–H and O–H groups in total. The van der Waals surface area contributed by atoms with Crippen LogP contribution in [-0.4, -0.2) is 76.6 Å². The highest BCUT2D eigenvalue weighted by Gasteiger charge is 2.38. The van der Waals surface area contributed by atoms with Crippen LogP contribution in [0.2, 0.25) is 0 Å². The molecule has 8 nitrogen and oxygen atoms in total. The maximum atomic E-state index is 14.4. The summed E-state index contributed by atoms with van der Waals surface area (Å²) in [6, 6.07) is 1.70. The third-order valence-electron chi connectivity index (χ3n) is 8.78. The number of dihydropyridines is 1. The number of thioether (sulfide) groups is 1. The average molecular weight is 592 g/mol. The molecule has 2 aromatic heterocycles. The molecule has 0 radical (unpaired) electrons. The molecule has 1 aliphatic carbocycles. The van der Waals surface area contributed by atoms with E-state index in [1.807, 2.05) is 23.8 Å². The number of hydrogen-bond acceptors (Lipinski definition) is 6. The van der Waals surface area contributed by atoms with Gasteiger partial charge in [-0.15, -0.1) is 11.8 Å². The molecule has 1 saturated carbocycles. The smallest absolute Gasteiger partial charge is 0.345 e. The van der Waals surface area contributed by atoms with Gasteiger partial charge in [0.2, 0.25) is 0 Å². The molecule has 3 aliphatic rings. The van der Waals surface area contributed by atoms with Crippen LogP contribution in [0.15, 0.2) is 28.2 Å². The van der Waals surface area contributed by atoms with Crippen molar-refractivity contribution in [3.8, 4) is 0 Å². The largest absolute Gasteiger partial charge is 0.351 e. The maximum Gasteiger partial charge on any atom is 0.345 e. The van der Waals surface area contributed by atoms with Crippen molar-refractivity contribution in [3.05, 3.63) is 40.3 Å². The second-order valence-electron chi connectivity index (χ2n) is 11.2. The zero-order valence-electron chi connectivity index (χ0n) is 23.7. The van der Waals surface area contributed by atoms with E-state index in [2.05, 4.69) is 31.9 Å². The molecule has 5 rings (SSSR count). The van der Waals surface area contributed by atoms with E-state index in [1.54, 1.807) is 6.92 Å². The lowest BCUT2D eigenvalue weighted by molar-refractivity contribution is -0.202. The number of carbonyl (C=O) groups excluding carboxylic acids is 2. The van der Waals surface area contributed by atoms with Gasteiger partial charge in [-0.25, -0.2) is 14.4 Å². The number of fused-ring (bicyclic) bond motifs is 1.